The van der Waals surface area contributed by atoms with E-state index >= 15 is 0 Å². The van der Waals surface area contributed by atoms with E-state index in [0.29, 0.717) is 0 Å². The average molecular weight is 251 g/mol. The molecule has 0 spiro atoms. The Balaban J connectivity index is 2.27. The van der Waals surface area contributed by atoms with Crippen LogP contribution in [0, 0.1) is 20.8 Å². The normalized spacial score (nSPS) is 10.7. The molecule has 0 heterocycles. The monoisotopic (exact) mass is 251 g/mol. The van der Waals surface area contributed by atoms with Crippen molar-refractivity contribution < 1.29 is 9.47 Å². The third kappa shape index (κ3) is 5.07. The van der Waals surface area contributed by atoms with Gasteiger partial charge < -0.3 is 14.8 Å². The molecule has 0 radical (unpaired) electrons. The van der Waals surface area contributed by atoms with Crippen molar-refractivity contribution in [3.8, 4) is 5.75 Å². The van der Waals surface area contributed by atoms with E-state index in [2.05, 4.69) is 38.2 Å². The Morgan fingerprint density at radius 1 is 1.06 bits per heavy atom. The summed E-state index contributed by atoms with van der Waals surface area (Å²) in [5.41, 5.74) is 3.79. The summed E-state index contributed by atoms with van der Waals surface area (Å²) in [5, 5.41) is 3.30. The molecule has 0 unspecified atom stereocenters. The highest BCUT2D eigenvalue weighted by molar-refractivity contribution is 5.41. The molecule has 0 bridgehead atoms. The van der Waals surface area contributed by atoms with Gasteiger partial charge in [-0.05, 0) is 56.5 Å². The lowest BCUT2D eigenvalue weighted by atomic mass is 10.1. The molecule has 1 rings (SSSR count). The predicted molar refractivity (Wildman–Crippen MR) is 75.5 cm³/mol. The smallest absolute Gasteiger partial charge is 0.122 e. The molecule has 0 saturated carbocycles. The number of methoxy groups -OCH3 is 1. The standard InChI is InChI=1S/C15H25NO2/c1-12-10-13(2)14(3)15(11-12)18-8-5-6-16-7-9-17-4/h10-11,16H,5-9H2,1-4H3. The molecule has 0 aliphatic heterocycles. The van der Waals surface area contributed by atoms with Crippen molar-refractivity contribution in [2.45, 2.75) is 27.2 Å². The molecular weight excluding hydrogens is 226 g/mol. The summed E-state index contributed by atoms with van der Waals surface area (Å²) < 4.78 is 10.8. The molecule has 3 heteroatoms. The Kier molecular flexibility index (Phi) is 6.76. The van der Waals surface area contributed by atoms with Crippen LogP contribution in [0.2, 0.25) is 0 Å². The molecule has 0 atom stereocenters. The minimum atomic E-state index is 0.754. The Bertz CT molecular complexity index is 364. The molecule has 3 nitrogen and oxygen atoms in total. The Morgan fingerprint density at radius 3 is 2.56 bits per heavy atom. The van der Waals surface area contributed by atoms with Crippen LogP contribution in [0.5, 0.6) is 5.75 Å². The molecule has 1 aromatic rings. The van der Waals surface area contributed by atoms with Crippen molar-refractivity contribution in [3.05, 3.63) is 28.8 Å². The van der Waals surface area contributed by atoms with E-state index in [9.17, 15) is 0 Å². The van der Waals surface area contributed by atoms with Crippen molar-refractivity contribution in [1.29, 1.82) is 0 Å². The van der Waals surface area contributed by atoms with Gasteiger partial charge in [0.05, 0.1) is 13.2 Å². The second-order valence-electron chi connectivity index (χ2n) is 4.65. The lowest BCUT2D eigenvalue weighted by Gasteiger charge is -2.12. The van der Waals surface area contributed by atoms with Crippen LogP contribution in [0.1, 0.15) is 23.1 Å². The van der Waals surface area contributed by atoms with Gasteiger partial charge in [-0.25, -0.2) is 0 Å². The zero-order valence-electron chi connectivity index (χ0n) is 12.0. The number of nitrogens with one attached hydrogen (secondary N) is 1. The Morgan fingerprint density at radius 2 is 1.83 bits per heavy atom. The summed E-state index contributed by atoms with van der Waals surface area (Å²) in [6.07, 6.45) is 1.01. The fourth-order valence-electron chi connectivity index (χ4n) is 1.83. The maximum Gasteiger partial charge on any atom is 0.122 e. The van der Waals surface area contributed by atoms with E-state index < -0.39 is 0 Å². The fourth-order valence-corrected chi connectivity index (χ4v) is 1.83. The van der Waals surface area contributed by atoms with Crippen molar-refractivity contribution in [1.82, 2.24) is 5.32 Å². The van der Waals surface area contributed by atoms with Gasteiger partial charge in [0.15, 0.2) is 0 Å². The van der Waals surface area contributed by atoms with Crippen LogP contribution in [0.3, 0.4) is 0 Å². The van der Waals surface area contributed by atoms with E-state index in [0.717, 1.165) is 38.5 Å². The fraction of sp³-hybridized carbons (Fsp3) is 0.600. The molecular formula is C15H25NO2. The maximum atomic E-state index is 5.83. The third-order valence-corrected chi connectivity index (χ3v) is 3.00. The van der Waals surface area contributed by atoms with Crippen molar-refractivity contribution >= 4 is 0 Å². The molecule has 102 valence electrons. The summed E-state index contributed by atoms with van der Waals surface area (Å²) in [6, 6.07) is 4.30. The summed E-state index contributed by atoms with van der Waals surface area (Å²) in [7, 11) is 1.72. The van der Waals surface area contributed by atoms with Crippen LogP contribution in [0.25, 0.3) is 0 Å². The molecule has 1 N–H and O–H groups in total. The number of hydrogen-bond acceptors (Lipinski definition) is 3. The molecule has 0 amide bonds. The molecule has 0 fully saturated rings. The Hall–Kier alpha value is -1.06. The molecule has 0 aliphatic carbocycles. The summed E-state index contributed by atoms with van der Waals surface area (Å²) in [5.74, 6) is 1.02. The average Bonchev–Trinajstić information content (AvgIpc) is 2.33. The summed E-state index contributed by atoms with van der Waals surface area (Å²) >= 11 is 0. The number of aryl methyl sites for hydroxylation is 2. The van der Waals surface area contributed by atoms with Crippen LogP contribution in [-0.4, -0.2) is 33.4 Å². The lowest BCUT2D eigenvalue weighted by Crippen LogP contribution is -2.21. The van der Waals surface area contributed by atoms with Crippen molar-refractivity contribution in [2.24, 2.45) is 0 Å². The van der Waals surface area contributed by atoms with Crippen LogP contribution in [0.4, 0.5) is 0 Å². The number of benzene rings is 1. The third-order valence-electron chi connectivity index (χ3n) is 3.00. The first-order chi connectivity index (χ1) is 8.65. The quantitative estimate of drug-likeness (QED) is 0.720. The van der Waals surface area contributed by atoms with E-state index in [4.69, 9.17) is 9.47 Å². The van der Waals surface area contributed by atoms with Gasteiger partial charge in [-0.1, -0.05) is 6.07 Å². The first kappa shape index (κ1) is 15.0. The van der Waals surface area contributed by atoms with E-state index in [1.165, 1.54) is 16.7 Å². The number of ether oxygens (including phenoxy) is 2. The van der Waals surface area contributed by atoms with Crippen LogP contribution in [-0.2, 0) is 4.74 Å². The summed E-state index contributed by atoms with van der Waals surface area (Å²) in [4.78, 5) is 0. The van der Waals surface area contributed by atoms with Crippen LogP contribution >= 0.6 is 0 Å². The van der Waals surface area contributed by atoms with Crippen LogP contribution < -0.4 is 10.1 Å². The van der Waals surface area contributed by atoms with E-state index in [-0.39, 0.29) is 0 Å². The van der Waals surface area contributed by atoms with Crippen molar-refractivity contribution in [2.75, 3.05) is 33.4 Å². The minimum Gasteiger partial charge on any atom is -0.493 e. The molecule has 18 heavy (non-hydrogen) atoms. The first-order valence-corrected chi connectivity index (χ1v) is 6.55. The maximum absolute atomic E-state index is 5.83. The Labute approximate surface area is 110 Å². The largest absolute Gasteiger partial charge is 0.493 e. The highest BCUT2D eigenvalue weighted by Crippen LogP contribution is 2.23. The van der Waals surface area contributed by atoms with Gasteiger partial charge in [-0.15, -0.1) is 0 Å². The zero-order chi connectivity index (χ0) is 13.4. The number of rotatable bonds is 8. The zero-order valence-corrected chi connectivity index (χ0v) is 12.0. The summed E-state index contributed by atoms with van der Waals surface area (Å²) in [6.45, 7) is 9.72. The highest BCUT2D eigenvalue weighted by atomic mass is 16.5. The second-order valence-corrected chi connectivity index (χ2v) is 4.65. The van der Waals surface area contributed by atoms with Gasteiger partial charge in [0.1, 0.15) is 5.75 Å². The number of hydrogen-bond donors (Lipinski definition) is 1. The van der Waals surface area contributed by atoms with Gasteiger partial charge in [0, 0.05) is 13.7 Å². The van der Waals surface area contributed by atoms with Gasteiger partial charge in [-0.2, -0.15) is 0 Å². The van der Waals surface area contributed by atoms with Crippen LogP contribution in [0.15, 0.2) is 12.1 Å². The first-order valence-electron chi connectivity index (χ1n) is 6.55. The molecule has 0 aromatic heterocycles. The SMILES string of the molecule is COCCNCCCOc1cc(C)cc(C)c1C. The highest BCUT2D eigenvalue weighted by Gasteiger charge is 2.03. The predicted octanol–water partition coefficient (Wildman–Crippen LogP) is 2.62. The molecule has 1 aromatic carbocycles. The van der Waals surface area contributed by atoms with Gasteiger partial charge in [0.2, 0.25) is 0 Å². The van der Waals surface area contributed by atoms with Crippen molar-refractivity contribution in [3.63, 3.8) is 0 Å². The van der Waals surface area contributed by atoms with Gasteiger partial charge in [-0.3, -0.25) is 0 Å². The molecule has 0 aliphatic rings. The lowest BCUT2D eigenvalue weighted by molar-refractivity contribution is 0.198. The van der Waals surface area contributed by atoms with E-state index in [1.807, 2.05) is 0 Å². The molecule has 0 saturated heterocycles. The minimum absolute atomic E-state index is 0.754. The van der Waals surface area contributed by atoms with E-state index in [1.54, 1.807) is 7.11 Å². The second kappa shape index (κ2) is 8.11. The van der Waals surface area contributed by atoms with Gasteiger partial charge in [0.25, 0.3) is 0 Å². The van der Waals surface area contributed by atoms with Gasteiger partial charge >= 0.3 is 0 Å². The topological polar surface area (TPSA) is 30.5 Å².